The van der Waals surface area contributed by atoms with Crippen molar-refractivity contribution in [2.75, 3.05) is 0 Å². The Balaban J connectivity index is 2.68. The zero-order valence-corrected chi connectivity index (χ0v) is 11.7. The van der Waals surface area contributed by atoms with Crippen LogP contribution in [-0.4, -0.2) is 5.78 Å². The van der Waals surface area contributed by atoms with Crippen LogP contribution < -0.4 is 0 Å². The van der Waals surface area contributed by atoms with Crippen molar-refractivity contribution >= 4 is 5.78 Å². The van der Waals surface area contributed by atoms with Gasteiger partial charge < -0.3 is 0 Å². The summed E-state index contributed by atoms with van der Waals surface area (Å²) in [6.07, 6.45) is 0. The molecule has 0 saturated heterocycles. The highest BCUT2D eigenvalue weighted by Gasteiger charge is 2.41. The van der Waals surface area contributed by atoms with Gasteiger partial charge in [0.25, 0.3) is 0 Å². The van der Waals surface area contributed by atoms with Gasteiger partial charge in [0.1, 0.15) is 0 Å². The average Bonchev–Trinajstić information content (AvgIpc) is 2.40. The maximum Gasteiger partial charge on any atom is 0.160 e. The van der Waals surface area contributed by atoms with Crippen LogP contribution in [-0.2, 0) is 5.41 Å². The van der Waals surface area contributed by atoms with Gasteiger partial charge in [0.2, 0.25) is 0 Å². The first kappa shape index (κ1) is 12.3. The van der Waals surface area contributed by atoms with E-state index in [0.717, 1.165) is 11.1 Å². The highest BCUT2D eigenvalue weighted by Crippen LogP contribution is 2.50. The number of ketones is 1. The van der Waals surface area contributed by atoms with Crippen LogP contribution in [0, 0.1) is 12.8 Å². The number of benzene rings is 1. The van der Waals surface area contributed by atoms with Crippen LogP contribution in [0.15, 0.2) is 12.1 Å². The lowest BCUT2D eigenvalue weighted by atomic mass is 9.77. The van der Waals surface area contributed by atoms with E-state index in [0.29, 0.717) is 11.8 Å². The minimum absolute atomic E-state index is 0.176. The number of carbonyl (C=O) groups is 1. The minimum atomic E-state index is 0.176. The molecule has 0 aromatic heterocycles. The Kier molecular flexibility index (Phi) is 2.68. The van der Waals surface area contributed by atoms with Crippen molar-refractivity contribution in [1.29, 1.82) is 0 Å². The molecule has 0 radical (unpaired) electrons. The van der Waals surface area contributed by atoms with Crippen LogP contribution in [0.5, 0.6) is 0 Å². The van der Waals surface area contributed by atoms with Crippen molar-refractivity contribution in [2.24, 2.45) is 5.92 Å². The molecule has 17 heavy (non-hydrogen) atoms. The normalized spacial score (nSPS) is 25.8. The maximum atomic E-state index is 11.6. The van der Waals surface area contributed by atoms with Crippen molar-refractivity contribution in [3.05, 3.63) is 34.4 Å². The number of fused-ring (bicyclic) bond motifs is 1. The molecule has 0 spiro atoms. The molecule has 1 aromatic carbocycles. The Morgan fingerprint density at radius 1 is 1.24 bits per heavy atom. The van der Waals surface area contributed by atoms with E-state index in [1.165, 1.54) is 11.1 Å². The molecule has 1 aliphatic carbocycles. The van der Waals surface area contributed by atoms with Crippen LogP contribution in [0.1, 0.15) is 67.6 Å². The molecule has 92 valence electrons. The number of aryl methyl sites for hydroxylation is 1. The molecule has 1 aromatic rings. The summed E-state index contributed by atoms with van der Waals surface area (Å²) in [5, 5.41) is 0. The van der Waals surface area contributed by atoms with Crippen molar-refractivity contribution < 1.29 is 4.79 Å². The second-order valence-electron chi connectivity index (χ2n) is 6.11. The molecule has 2 atom stereocenters. The van der Waals surface area contributed by atoms with Gasteiger partial charge in [0, 0.05) is 5.56 Å². The maximum absolute atomic E-state index is 11.6. The van der Waals surface area contributed by atoms with E-state index in [2.05, 4.69) is 39.8 Å². The smallest absolute Gasteiger partial charge is 0.160 e. The van der Waals surface area contributed by atoms with Crippen molar-refractivity contribution in [1.82, 2.24) is 0 Å². The molecule has 1 nitrogen and oxygen atoms in total. The summed E-state index contributed by atoms with van der Waals surface area (Å²) in [7, 11) is 0. The van der Waals surface area contributed by atoms with Gasteiger partial charge >= 0.3 is 0 Å². The van der Waals surface area contributed by atoms with E-state index < -0.39 is 0 Å². The lowest BCUT2D eigenvalue weighted by molar-refractivity contribution is 0.101. The van der Waals surface area contributed by atoms with E-state index in [1.807, 2.05) is 6.92 Å². The van der Waals surface area contributed by atoms with Gasteiger partial charge in [0.15, 0.2) is 5.78 Å². The fourth-order valence-corrected chi connectivity index (χ4v) is 3.18. The molecule has 0 heterocycles. The summed E-state index contributed by atoms with van der Waals surface area (Å²) in [5.41, 5.74) is 5.03. The van der Waals surface area contributed by atoms with Gasteiger partial charge in [-0.3, -0.25) is 4.79 Å². The average molecular weight is 230 g/mol. The van der Waals surface area contributed by atoms with E-state index >= 15 is 0 Å². The molecule has 0 fully saturated rings. The quantitative estimate of drug-likeness (QED) is 0.660. The first-order valence-electron chi connectivity index (χ1n) is 6.42. The summed E-state index contributed by atoms with van der Waals surface area (Å²) in [5.74, 6) is 1.34. The number of hydrogen-bond donors (Lipinski definition) is 0. The standard InChI is InChI=1S/C16H22O/c1-9-7-15-14(8-13(9)12(4)17)10(2)11(3)16(15,5)6/h7-8,10-11H,1-6H3/t10-,11-/m0/s1. The van der Waals surface area contributed by atoms with Crippen LogP contribution in [0.25, 0.3) is 0 Å². The molecule has 0 saturated carbocycles. The number of hydrogen-bond acceptors (Lipinski definition) is 1. The molecular weight excluding hydrogens is 208 g/mol. The lowest BCUT2D eigenvalue weighted by Crippen LogP contribution is -2.22. The Hall–Kier alpha value is -1.11. The minimum Gasteiger partial charge on any atom is -0.295 e. The largest absolute Gasteiger partial charge is 0.295 e. The Bertz CT molecular complexity index is 483. The van der Waals surface area contributed by atoms with Crippen molar-refractivity contribution in [3.8, 4) is 0 Å². The van der Waals surface area contributed by atoms with Gasteiger partial charge in [0.05, 0.1) is 0 Å². The second kappa shape index (κ2) is 3.69. The Morgan fingerprint density at radius 2 is 1.82 bits per heavy atom. The predicted octanol–water partition coefficient (Wildman–Crippen LogP) is 4.23. The zero-order valence-electron chi connectivity index (χ0n) is 11.7. The number of rotatable bonds is 1. The highest BCUT2D eigenvalue weighted by molar-refractivity contribution is 5.96. The van der Waals surface area contributed by atoms with Crippen LogP contribution in [0.4, 0.5) is 0 Å². The van der Waals surface area contributed by atoms with Gasteiger partial charge in [-0.25, -0.2) is 0 Å². The molecule has 0 aliphatic heterocycles. The summed E-state index contributed by atoms with van der Waals surface area (Å²) >= 11 is 0. The first-order chi connectivity index (χ1) is 7.76. The topological polar surface area (TPSA) is 17.1 Å². The van der Waals surface area contributed by atoms with Crippen molar-refractivity contribution in [3.63, 3.8) is 0 Å². The molecule has 0 bridgehead atoms. The summed E-state index contributed by atoms with van der Waals surface area (Å²) in [6, 6.07) is 4.36. The number of carbonyl (C=O) groups excluding carboxylic acids is 1. The monoisotopic (exact) mass is 230 g/mol. The van der Waals surface area contributed by atoms with Gasteiger partial charge in [-0.2, -0.15) is 0 Å². The first-order valence-corrected chi connectivity index (χ1v) is 6.42. The van der Waals surface area contributed by atoms with Gasteiger partial charge in [-0.15, -0.1) is 0 Å². The van der Waals surface area contributed by atoms with Crippen LogP contribution in [0.3, 0.4) is 0 Å². The fraction of sp³-hybridized carbons (Fsp3) is 0.562. The molecule has 0 unspecified atom stereocenters. The predicted molar refractivity (Wildman–Crippen MR) is 71.8 cm³/mol. The fourth-order valence-electron chi connectivity index (χ4n) is 3.18. The molecule has 0 N–H and O–H groups in total. The van der Waals surface area contributed by atoms with E-state index in [4.69, 9.17) is 0 Å². The third-order valence-electron chi connectivity index (χ3n) is 4.85. The summed E-state index contributed by atoms with van der Waals surface area (Å²) in [6.45, 7) is 12.9. The molecule has 2 rings (SSSR count). The van der Waals surface area contributed by atoms with E-state index in [9.17, 15) is 4.79 Å². The van der Waals surface area contributed by atoms with E-state index in [-0.39, 0.29) is 11.2 Å². The Labute approximate surface area is 104 Å². The van der Waals surface area contributed by atoms with Crippen molar-refractivity contribution in [2.45, 2.75) is 52.9 Å². The Morgan fingerprint density at radius 3 is 2.35 bits per heavy atom. The zero-order chi connectivity index (χ0) is 13.0. The summed E-state index contributed by atoms with van der Waals surface area (Å²) < 4.78 is 0. The highest BCUT2D eigenvalue weighted by atomic mass is 16.1. The molecular formula is C16H22O. The molecule has 0 amide bonds. The molecule has 1 aliphatic rings. The second-order valence-corrected chi connectivity index (χ2v) is 6.11. The third kappa shape index (κ3) is 1.64. The van der Waals surface area contributed by atoms with Crippen LogP contribution >= 0.6 is 0 Å². The third-order valence-corrected chi connectivity index (χ3v) is 4.85. The van der Waals surface area contributed by atoms with Crippen LogP contribution in [0.2, 0.25) is 0 Å². The number of Topliss-reactive ketones (excluding diaryl/α,β-unsaturated/α-hetero) is 1. The SMILES string of the molecule is CC(=O)c1cc2c(cc1C)C(C)(C)[C@@H](C)[C@@H]2C. The van der Waals surface area contributed by atoms with E-state index in [1.54, 1.807) is 6.92 Å². The van der Waals surface area contributed by atoms with Gasteiger partial charge in [-0.05, 0) is 53.9 Å². The summed E-state index contributed by atoms with van der Waals surface area (Å²) in [4.78, 5) is 11.6. The van der Waals surface area contributed by atoms with Gasteiger partial charge in [-0.1, -0.05) is 33.8 Å². The lowest BCUT2D eigenvalue weighted by Gasteiger charge is -2.27. The molecule has 1 heteroatoms.